The molecule has 2 rings (SSSR count). The molecule has 7 heteroatoms. The molecule has 0 aromatic carbocycles. The second-order valence-corrected chi connectivity index (χ2v) is 3.90. The number of nitrogens with one attached hydrogen (secondary N) is 1. The fourth-order valence-corrected chi connectivity index (χ4v) is 1.83. The van der Waals surface area contributed by atoms with Crippen LogP contribution in [-0.4, -0.2) is 33.1 Å². The summed E-state index contributed by atoms with van der Waals surface area (Å²) in [6.45, 7) is 4.24. The molecule has 0 fully saturated rings. The minimum atomic E-state index is -0.412. The van der Waals surface area contributed by atoms with Crippen LogP contribution >= 0.6 is 0 Å². The Morgan fingerprint density at radius 2 is 2.31 bits per heavy atom. The molecule has 1 N–H and O–H groups in total. The molecule has 86 valence electrons. The van der Waals surface area contributed by atoms with E-state index in [1.807, 2.05) is 6.92 Å². The van der Waals surface area contributed by atoms with Crippen molar-refractivity contribution in [1.82, 2.24) is 15.1 Å². The van der Waals surface area contributed by atoms with Crippen LogP contribution in [0.25, 0.3) is 0 Å². The summed E-state index contributed by atoms with van der Waals surface area (Å²) in [6, 6.07) is 0.213. The van der Waals surface area contributed by atoms with Crippen LogP contribution in [-0.2, 0) is 7.05 Å². The van der Waals surface area contributed by atoms with Gasteiger partial charge in [0.25, 0.3) is 0 Å². The summed E-state index contributed by atoms with van der Waals surface area (Å²) >= 11 is 0. The molecule has 0 saturated heterocycles. The number of amidine groups is 1. The molecular formula is C9H13N5O2. The minimum absolute atomic E-state index is 0.0304. The third-order valence-corrected chi connectivity index (χ3v) is 2.50. The zero-order valence-corrected chi connectivity index (χ0v) is 9.39. The highest BCUT2D eigenvalue weighted by Crippen LogP contribution is 2.23. The zero-order chi connectivity index (χ0) is 11.9. The van der Waals surface area contributed by atoms with E-state index in [2.05, 4.69) is 15.4 Å². The highest BCUT2D eigenvalue weighted by Gasteiger charge is 2.30. The van der Waals surface area contributed by atoms with E-state index in [1.165, 1.54) is 4.68 Å². The average molecular weight is 223 g/mol. The second kappa shape index (κ2) is 3.58. The molecule has 0 saturated carbocycles. The second-order valence-electron chi connectivity index (χ2n) is 3.90. The van der Waals surface area contributed by atoms with Crippen LogP contribution in [0.15, 0.2) is 4.99 Å². The predicted molar refractivity (Wildman–Crippen MR) is 58.6 cm³/mol. The van der Waals surface area contributed by atoms with Crippen LogP contribution in [0.1, 0.15) is 18.3 Å². The van der Waals surface area contributed by atoms with Gasteiger partial charge in [0.1, 0.15) is 5.69 Å². The van der Waals surface area contributed by atoms with Crippen molar-refractivity contribution in [1.29, 1.82) is 0 Å². The quantitative estimate of drug-likeness (QED) is 0.580. The van der Waals surface area contributed by atoms with Gasteiger partial charge in [-0.1, -0.05) is 0 Å². The van der Waals surface area contributed by atoms with Gasteiger partial charge in [0, 0.05) is 13.1 Å². The van der Waals surface area contributed by atoms with Crippen LogP contribution in [0.5, 0.6) is 0 Å². The number of nitrogens with zero attached hydrogens (tertiary/aromatic N) is 4. The Morgan fingerprint density at radius 1 is 1.62 bits per heavy atom. The lowest BCUT2D eigenvalue weighted by atomic mass is 10.3. The lowest BCUT2D eigenvalue weighted by Crippen LogP contribution is -2.29. The normalized spacial score (nSPS) is 19.4. The Hall–Kier alpha value is -1.92. The molecule has 0 aliphatic carbocycles. The fraction of sp³-hybridized carbons (Fsp3) is 0.556. The van der Waals surface area contributed by atoms with E-state index in [9.17, 15) is 10.1 Å². The van der Waals surface area contributed by atoms with Crippen LogP contribution in [0.3, 0.4) is 0 Å². The molecule has 0 amide bonds. The summed E-state index contributed by atoms with van der Waals surface area (Å²) in [6.07, 6.45) is 0. The van der Waals surface area contributed by atoms with E-state index in [0.29, 0.717) is 23.8 Å². The Balaban J connectivity index is 2.52. The van der Waals surface area contributed by atoms with Gasteiger partial charge in [0.15, 0.2) is 11.5 Å². The van der Waals surface area contributed by atoms with Crippen LogP contribution in [0.2, 0.25) is 0 Å². The van der Waals surface area contributed by atoms with Gasteiger partial charge in [-0.15, -0.1) is 0 Å². The van der Waals surface area contributed by atoms with Crippen molar-refractivity contribution in [2.24, 2.45) is 12.0 Å². The molecule has 1 aliphatic rings. The van der Waals surface area contributed by atoms with Crippen molar-refractivity contribution in [3.8, 4) is 0 Å². The molecule has 0 bridgehead atoms. The molecular weight excluding hydrogens is 210 g/mol. The van der Waals surface area contributed by atoms with E-state index in [4.69, 9.17) is 0 Å². The van der Waals surface area contributed by atoms with Crippen LogP contribution in [0.4, 0.5) is 5.69 Å². The third kappa shape index (κ3) is 1.54. The minimum Gasteiger partial charge on any atom is -0.364 e. The summed E-state index contributed by atoms with van der Waals surface area (Å²) in [5.74, 6) is 0.558. The van der Waals surface area contributed by atoms with Crippen molar-refractivity contribution in [3.63, 3.8) is 0 Å². The number of hydrogen-bond acceptors (Lipinski definition) is 5. The van der Waals surface area contributed by atoms with Crippen molar-refractivity contribution in [2.45, 2.75) is 19.9 Å². The monoisotopic (exact) mass is 223 g/mol. The van der Waals surface area contributed by atoms with Gasteiger partial charge in [-0.05, 0) is 13.8 Å². The Labute approximate surface area is 92.3 Å². The van der Waals surface area contributed by atoms with Crippen molar-refractivity contribution in [2.75, 3.05) is 6.54 Å². The highest BCUT2D eigenvalue weighted by molar-refractivity contribution is 6.02. The van der Waals surface area contributed by atoms with Crippen molar-refractivity contribution < 1.29 is 4.92 Å². The topological polar surface area (TPSA) is 85.3 Å². The first-order valence-corrected chi connectivity index (χ1v) is 5.00. The number of aromatic nitrogens is 2. The number of aliphatic imine (C=N–C) groups is 1. The van der Waals surface area contributed by atoms with E-state index in [0.717, 1.165) is 0 Å². The first-order valence-electron chi connectivity index (χ1n) is 5.00. The van der Waals surface area contributed by atoms with Crippen molar-refractivity contribution in [3.05, 3.63) is 21.5 Å². The Kier molecular flexibility index (Phi) is 2.37. The fourth-order valence-electron chi connectivity index (χ4n) is 1.83. The maximum Gasteiger partial charge on any atom is 0.320 e. The maximum atomic E-state index is 11.0. The number of rotatable bonds is 2. The van der Waals surface area contributed by atoms with Gasteiger partial charge in [-0.3, -0.25) is 19.8 Å². The first-order chi connectivity index (χ1) is 7.50. The lowest BCUT2D eigenvalue weighted by Gasteiger charge is -2.05. The van der Waals surface area contributed by atoms with E-state index >= 15 is 0 Å². The van der Waals surface area contributed by atoms with E-state index in [-0.39, 0.29) is 11.7 Å². The molecule has 0 radical (unpaired) electrons. The molecule has 1 aliphatic heterocycles. The molecule has 1 aromatic heterocycles. The SMILES string of the molecule is Cc1nn(C)c(C2=NCC(C)N2)c1[N+](=O)[O-]. The van der Waals surface area contributed by atoms with E-state index < -0.39 is 4.92 Å². The summed E-state index contributed by atoms with van der Waals surface area (Å²) in [4.78, 5) is 14.8. The Bertz CT molecular complexity index is 476. The molecule has 16 heavy (non-hydrogen) atoms. The molecule has 2 heterocycles. The summed E-state index contributed by atoms with van der Waals surface area (Å²) in [5, 5.41) is 18.1. The van der Waals surface area contributed by atoms with Gasteiger partial charge >= 0.3 is 5.69 Å². The molecule has 1 atom stereocenters. The smallest absolute Gasteiger partial charge is 0.320 e. The van der Waals surface area contributed by atoms with Crippen molar-refractivity contribution >= 4 is 11.5 Å². The predicted octanol–water partition coefficient (Wildman–Crippen LogP) is 0.375. The summed E-state index contributed by atoms with van der Waals surface area (Å²) in [7, 11) is 1.68. The summed E-state index contributed by atoms with van der Waals surface area (Å²) in [5.41, 5.74) is 0.890. The summed E-state index contributed by atoms with van der Waals surface area (Å²) < 4.78 is 1.50. The maximum absolute atomic E-state index is 11.0. The lowest BCUT2D eigenvalue weighted by molar-refractivity contribution is -0.385. The first kappa shape index (κ1) is 10.6. The third-order valence-electron chi connectivity index (χ3n) is 2.50. The molecule has 1 unspecified atom stereocenters. The number of nitro groups is 1. The van der Waals surface area contributed by atoms with Gasteiger partial charge in [0.2, 0.25) is 0 Å². The molecule has 0 spiro atoms. The van der Waals surface area contributed by atoms with E-state index in [1.54, 1.807) is 14.0 Å². The Morgan fingerprint density at radius 3 is 2.81 bits per heavy atom. The van der Waals surface area contributed by atoms with Crippen LogP contribution < -0.4 is 5.32 Å². The van der Waals surface area contributed by atoms with Gasteiger partial charge in [-0.25, -0.2) is 0 Å². The largest absolute Gasteiger partial charge is 0.364 e. The number of aryl methyl sites for hydroxylation is 2. The number of hydrogen-bond donors (Lipinski definition) is 1. The van der Waals surface area contributed by atoms with Gasteiger partial charge in [-0.2, -0.15) is 5.10 Å². The van der Waals surface area contributed by atoms with Crippen LogP contribution in [0, 0.1) is 17.0 Å². The molecule has 7 nitrogen and oxygen atoms in total. The standard InChI is InChI=1S/C9H13N5O2/c1-5-4-10-9(11-5)8-7(14(15)16)6(2)12-13(8)3/h5H,4H2,1-3H3,(H,10,11). The van der Waals surface area contributed by atoms with Gasteiger partial charge < -0.3 is 5.32 Å². The average Bonchev–Trinajstić information content (AvgIpc) is 2.69. The highest BCUT2D eigenvalue weighted by atomic mass is 16.6. The molecule has 1 aromatic rings. The zero-order valence-electron chi connectivity index (χ0n) is 9.39. The van der Waals surface area contributed by atoms with Gasteiger partial charge in [0.05, 0.1) is 11.5 Å².